The summed E-state index contributed by atoms with van der Waals surface area (Å²) < 4.78 is 18.4. The number of hydrogen-bond acceptors (Lipinski definition) is 3. The molecule has 0 heterocycles. The molecule has 0 atom stereocenters. The second-order valence-electron chi connectivity index (χ2n) is 6.57. The molecule has 0 aliphatic carbocycles. The molecule has 0 aliphatic heterocycles. The van der Waals surface area contributed by atoms with Gasteiger partial charge in [-0.2, -0.15) is 0 Å². The Morgan fingerprint density at radius 2 is 1.27 bits per heavy atom. The van der Waals surface area contributed by atoms with Crippen molar-refractivity contribution in [2.24, 2.45) is 0 Å². The van der Waals surface area contributed by atoms with Crippen LogP contribution in [0.1, 0.15) is 59.8 Å². The lowest BCUT2D eigenvalue weighted by atomic mass is 10.2. The molecule has 0 spiro atoms. The molecule has 5 heteroatoms. The summed E-state index contributed by atoms with van der Waals surface area (Å²) in [5.41, 5.74) is 0. The van der Waals surface area contributed by atoms with E-state index in [-0.39, 0.29) is 0 Å². The van der Waals surface area contributed by atoms with E-state index in [4.69, 9.17) is 13.3 Å². The predicted molar refractivity (Wildman–Crippen MR) is 101 cm³/mol. The van der Waals surface area contributed by atoms with E-state index in [1.54, 1.807) is 0 Å². The quantitative estimate of drug-likeness (QED) is 0.332. The highest BCUT2D eigenvalue weighted by molar-refractivity contribution is 6.99. The van der Waals surface area contributed by atoms with Crippen molar-refractivity contribution in [1.29, 1.82) is 0 Å². The molecule has 0 fully saturated rings. The van der Waals surface area contributed by atoms with Crippen LogP contribution in [0.3, 0.4) is 0 Å². The number of hydrogen-bond donors (Lipinski definition) is 0. The largest absolute Gasteiger partial charge is 0.528 e. The lowest BCUT2D eigenvalue weighted by Gasteiger charge is -2.36. The average Bonchev–Trinajstić information content (AvgIpc) is 2.42. The molecule has 132 valence electrons. The van der Waals surface area contributed by atoms with Crippen molar-refractivity contribution in [2.75, 3.05) is 19.8 Å². The zero-order chi connectivity index (χ0) is 17.1. The van der Waals surface area contributed by atoms with Crippen LogP contribution < -0.4 is 0 Å². The van der Waals surface area contributed by atoms with E-state index in [0.717, 1.165) is 6.42 Å². The van der Waals surface area contributed by atoms with Gasteiger partial charge < -0.3 is 13.3 Å². The van der Waals surface area contributed by atoms with Gasteiger partial charge in [0.2, 0.25) is 0 Å². The Bertz CT molecular complexity index is 294. The van der Waals surface area contributed by atoms with Gasteiger partial charge in [-0.25, -0.2) is 0 Å². The Kier molecular flexibility index (Phi) is 11.6. The highest BCUT2D eigenvalue weighted by Crippen LogP contribution is 2.29. The topological polar surface area (TPSA) is 27.7 Å². The van der Waals surface area contributed by atoms with Crippen molar-refractivity contribution < 1.29 is 13.3 Å². The molecule has 0 unspecified atom stereocenters. The standard InChI is InChI=1S/C17H38O3Si2/c1-8-12-13-14-15-16-17(21(5,6)7)22(18-9-2,19-10-3)20-11-4/h16H,8-15H2,1-7H3. The molecule has 0 N–H and O–H groups in total. The van der Waals surface area contributed by atoms with Crippen molar-refractivity contribution in [1.82, 2.24) is 0 Å². The van der Waals surface area contributed by atoms with Gasteiger partial charge >= 0.3 is 8.80 Å². The molecular weight excluding hydrogens is 308 g/mol. The van der Waals surface area contributed by atoms with Crippen LogP contribution in [0.5, 0.6) is 0 Å². The first-order chi connectivity index (χ1) is 10.4. The predicted octanol–water partition coefficient (Wildman–Crippen LogP) is 5.35. The van der Waals surface area contributed by atoms with Crippen molar-refractivity contribution in [2.45, 2.75) is 79.4 Å². The molecule has 0 aromatic heterocycles. The molecule has 0 saturated heterocycles. The molecule has 3 nitrogen and oxygen atoms in total. The second-order valence-corrected chi connectivity index (χ2v) is 14.6. The Morgan fingerprint density at radius 1 is 0.773 bits per heavy atom. The fraction of sp³-hybridized carbons (Fsp3) is 0.882. The fourth-order valence-corrected chi connectivity index (χ4v) is 9.97. The van der Waals surface area contributed by atoms with Crippen LogP contribution in [0.4, 0.5) is 0 Å². The van der Waals surface area contributed by atoms with Gasteiger partial charge in [-0.3, -0.25) is 0 Å². The van der Waals surface area contributed by atoms with Crippen LogP contribution in [0.2, 0.25) is 19.6 Å². The van der Waals surface area contributed by atoms with Gasteiger partial charge in [-0.1, -0.05) is 51.9 Å². The molecule has 0 aromatic rings. The van der Waals surface area contributed by atoms with Crippen molar-refractivity contribution in [3.63, 3.8) is 0 Å². The molecule has 0 amide bonds. The van der Waals surface area contributed by atoms with E-state index in [2.05, 4.69) is 32.6 Å². The van der Waals surface area contributed by atoms with Gasteiger partial charge in [0.15, 0.2) is 0 Å². The number of allylic oxidation sites excluding steroid dienone is 1. The van der Waals surface area contributed by atoms with Crippen LogP contribution >= 0.6 is 0 Å². The molecule has 0 aromatic carbocycles. The van der Waals surface area contributed by atoms with E-state index in [0.29, 0.717) is 19.8 Å². The van der Waals surface area contributed by atoms with Crippen molar-refractivity contribution in [3.05, 3.63) is 10.9 Å². The summed E-state index contributed by atoms with van der Waals surface area (Å²) in [5, 5.41) is 0. The normalized spacial score (nSPS) is 13.7. The van der Waals surface area contributed by atoms with Crippen LogP contribution in [0.25, 0.3) is 0 Å². The molecule has 0 aliphatic rings. The average molecular weight is 347 g/mol. The summed E-state index contributed by atoms with van der Waals surface area (Å²) in [6.45, 7) is 17.4. The first kappa shape index (κ1) is 22.1. The van der Waals surface area contributed by atoms with Gasteiger partial charge in [0.25, 0.3) is 0 Å². The van der Waals surface area contributed by atoms with Crippen LogP contribution in [-0.4, -0.2) is 36.7 Å². The fourth-order valence-electron chi connectivity index (χ4n) is 2.64. The lowest BCUT2D eigenvalue weighted by molar-refractivity contribution is 0.0825. The van der Waals surface area contributed by atoms with Crippen LogP contribution in [0.15, 0.2) is 10.9 Å². The van der Waals surface area contributed by atoms with E-state index >= 15 is 0 Å². The summed E-state index contributed by atoms with van der Waals surface area (Å²) in [7, 11) is -4.26. The highest BCUT2D eigenvalue weighted by atomic mass is 28.4. The third-order valence-corrected chi connectivity index (χ3v) is 11.4. The first-order valence-electron chi connectivity index (χ1n) is 9.00. The number of unbranched alkanes of at least 4 members (excludes halogenated alkanes) is 4. The van der Waals surface area contributed by atoms with Gasteiger partial charge in [0, 0.05) is 19.8 Å². The Balaban J connectivity index is 5.32. The SMILES string of the molecule is CCCCCCC=C([Si](C)(C)C)[Si](OCC)(OCC)OCC. The van der Waals surface area contributed by atoms with Gasteiger partial charge in [-0.15, -0.1) is 0 Å². The summed E-state index contributed by atoms with van der Waals surface area (Å²) >= 11 is 0. The summed E-state index contributed by atoms with van der Waals surface area (Å²) in [6, 6.07) is 0. The monoisotopic (exact) mass is 346 g/mol. The summed E-state index contributed by atoms with van der Waals surface area (Å²) in [5.74, 6) is 0. The lowest BCUT2D eigenvalue weighted by Crippen LogP contribution is -2.55. The maximum Gasteiger partial charge on any atom is 0.528 e. The molecular formula is C17H38O3Si2. The van der Waals surface area contributed by atoms with Crippen LogP contribution in [-0.2, 0) is 13.3 Å². The minimum absolute atomic E-state index is 0.643. The number of rotatable bonds is 13. The van der Waals surface area contributed by atoms with Crippen molar-refractivity contribution >= 4 is 16.9 Å². The maximum absolute atomic E-state index is 6.14. The maximum atomic E-state index is 6.14. The Labute approximate surface area is 140 Å². The van der Waals surface area contributed by atoms with Gasteiger partial charge in [0.1, 0.15) is 0 Å². The van der Waals surface area contributed by atoms with E-state index in [1.165, 1.54) is 30.5 Å². The highest BCUT2D eigenvalue weighted by Gasteiger charge is 2.49. The third kappa shape index (κ3) is 7.55. The zero-order valence-electron chi connectivity index (χ0n) is 16.0. The molecule has 0 bridgehead atoms. The van der Waals surface area contributed by atoms with Gasteiger partial charge in [-0.05, 0) is 38.4 Å². The molecule has 22 heavy (non-hydrogen) atoms. The van der Waals surface area contributed by atoms with E-state index in [9.17, 15) is 0 Å². The van der Waals surface area contributed by atoms with Crippen molar-refractivity contribution in [3.8, 4) is 0 Å². The first-order valence-corrected chi connectivity index (χ1v) is 14.2. The smallest absolute Gasteiger partial charge is 0.371 e. The molecule has 0 radical (unpaired) electrons. The Hall–Kier alpha value is 0.0538. The second kappa shape index (κ2) is 11.6. The molecule has 0 rings (SSSR count). The van der Waals surface area contributed by atoms with E-state index in [1.807, 2.05) is 20.8 Å². The van der Waals surface area contributed by atoms with Crippen LogP contribution in [0, 0.1) is 0 Å². The minimum atomic E-state index is -2.71. The summed E-state index contributed by atoms with van der Waals surface area (Å²) in [4.78, 5) is 1.38. The minimum Gasteiger partial charge on any atom is -0.371 e. The molecule has 0 saturated carbocycles. The summed E-state index contributed by atoms with van der Waals surface area (Å²) in [6.07, 6.45) is 8.66. The zero-order valence-corrected chi connectivity index (χ0v) is 18.0. The van der Waals surface area contributed by atoms with Gasteiger partial charge in [0.05, 0.1) is 8.07 Å². The van der Waals surface area contributed by atoms with E-state index < -0.39 is 16.9 Å². The third-order valence-electron chi connectivity index (χ3n) is 3.55. The Morgan fingerprint density at radius 3 is 1.64 bits per heavy atom.